The number of fused-ring (bicyclic) bond motifs is 1. The van der Waals surface area contributed by atoms with Crippen molar-refractivity contribution in [1.82, 2.24) is 4.31 Å². The molecule has 0 radical (unpaired) electrons. The summed E-state index contributed by atoms with van der Waals surface area (Å²) in [5.74, 6) is 0.294. The van der Waals surface area contributed by atoms with E-state index in [1.165, 1.54) is 0 Å². The van der Waals surface area contributed by atoms with Crippen LogP contribution in [0, 0.1) is 12.8 Å². The molecule has 138 valence electrons. The van der Waals surface area contributed by atoms with Crippen LogP contribution in [0.5, 0.6) is 0 Å². The maximum Gasteiger partial charge on any atom is 0.245 e. The Kier molecular flexibility index (Phi) is 4.82. The Balaban J connectivity index is 1.70. The molecule has 2 fully saturated rings. The number of sulfonamides is 1. The number of hydrogen-bond donors (Lipinski definition) is 0. The van der Waals surface area contributed by atoms with Gasteiger partial charge in [-0.1, -0.05) is 41.4 Å². The quantitative estimate of drug-likeness (QED) is 0.788. The predicted octanol–water partition coefficient (Wildman–Crippen LogP) is 4.19. The van der Waals surface area contributed by atoms with Crippen LogP contribution in [-0.4, -0.2) is 32.1 Å². The smallest absolute Gasteiger partial charge is 0.245 e. The topological polar surface area (TPSA) is 46.6 Å². The van der Waals surface area contributed by atoms with Gasteiger partial charge in [0.05, 0.1) is 4.90 Å². The van der Waals surface area contributed by atoms with Gasteiger partial charge in [-0.15, -0.1) is 0 Å². The minimum Gasteiger partial charge on any atom is -0.362 e. The fourth-order valence-electron chi connectivity index (χ4n) is 4.06. The third-order valence-corrected chi connectivity index (χ3v) is 7.53. The maximum atomic E-state index is 13.3. The highest BCUT2D eigenvalue weighted by atomic mass is 35.5. The summed E-state index contributed by atoms with van der Waals surface area (Å²) in [6.07, 6.45) is 1.54. The number of ether oxygens (including phenoxy) is 1. The van der Waals surface area contributed by atoms with Crippen LogP contribution in [0.15, 0.2) is 53.4 Å². The van der Waals surface area contributed by atoms with E-state index in [4.69, 9.17) is 16.3 Å². The zero-order valence-electron chi connectivity index (χ0n) is 14.6. The van der Waals surface area contributed by atoms with Crippen LogP contribution in [0.1, 0.15) is 29.9 Å². The molecule has 0 amide bonds. The average molecular weight is 392 g/mol. The maximum absolute atomic E-state index is 13.3. The van der Waals surface area contributed by atoms with Gasteiger partial charge in [-0.05, 0) is 49.6 Å². The largest absolute Gasteiger partial charge is 0.362 e. The zero-order chi connectivity index (χ0) is 18.3. The van der Waals surface area contributed by atoms with E-state index in [0.717, 1.165) is 24.0 Å². The van der Waals surface area contributed by atoms with Gasteiger partial charge in [0.15, 0.2) is 0 Å². The Hall–Kier alpha value is -1.40. The van der Waals surface area contributed by atoms with E-state index in [2.05, 4.69) is 0 Å². The minimum absolute atomic E-state index is 0.123. The molecule has 2 saturated heterocycles. The standard InChI is InChI=1S/C20H22ClNO3S/c1-14-4-10-17(11-5-14)26(23,24)22-13-19(15-6-8-16(21)9-7-15)18-3-2-12-25-20(18)22/h4-11,18-20H,2-3,12-13H2,1H3/t18-,19-,20-/m1/s1. The number of halogens is 1. The van der Waals surface area contributed by atoms with E-state index >= 15 is 0 Å². The molecule has 0 saturated carbocycles. The lowest BCUT2D eigenvalue weighted by atomic mass is 9.84. The third kappa shape index (κ3) is 3.18. The first-order valence-corrected chi connectivity index (χ1v) is 10.7. The molecule has 3 atom stereocenters. The molecule has 0 N–H and O–H groups in total. The van der Waals surface area contributed by atoms with Crippen molar-refractivity contribution >= 4 is 21.6 Å². The molecule has 4 nitrogen and oxygen atoms in total. The first kappa shape index (κ1) is 18.0. The second-order valence-corrected chi connectivity index (χ2v) is 9.44. The second kappa shape index (κ2) is 6.97. The normalized spacial score (nSPS) is 26.6. The SMILES string of the molecule is Cc1ccc(S(=O)(=O)N2C[C@H](c3ccc(Cl)cc3)[C@H]3CCCO[C@H]32)cc1. The highest BCUT2D eigenvalue weighted by molar-refractivity contribution is 7.89. The highest BCUT2D eigenvalue weighted by Gasteiger charge is 2.49. The molecule has 2 aromatic carbocycles. The van der Waals surface area contributed by atoms with Crippen molar-refractivity contribution in [3.05, 3.63) is 64.7 Å². The van der Waals surface area contributed by atoms with E-state index in [1.54, 1.807) is 16.4 Å². The summed E-state index contributed by atoms with van der Waals surface area (Å²) in [5, 5.41) is 0.687. The molecule has 0 aromatic heterocycles. The fraction of sp³-hybridized carbons (Fsp3) is 0.400. The summed E-state index contributed by atoms with van der Waals surface area (Å²) in [5.41, 5.74) is 2.16. The Morgan fingerprint density at radius 3 is 2.46 bits per heavy atom. The van der Waals surface area contributed by atoms with Crippen LogP contribution >= 0.6 is 11.6 Å². The van der Waals surface area contributed by atoms with Crippen LogP contribution in [0.3, 0.4) is 0 Å². The Morgan fingerprint density at radius 1 is 1.08 bits per heavy atom. The lowest BCUT2D eigenvalue weighted by Gasteiger charge is -2.32. The summed E-state index contributed by atoms with van der Waals surface area (Å²) in [6.45, 7) is 2.99. The van der Waals surface area contributed by atoms with Gasteiger partial charge >= 0.3 is 0 Å². The number of hydrogen-bond acceptors (Lipinski definition) is 3. The summed E-state index contributed by atoms with van der Waals surface area (Å²) < 4.78 is 34.0. The van der Waals surface area contributed by atoms with Crippen molar-refractivity contribution in [3.8, 4) is 0 Å². The summed E-state index contributed by atoms with van der Waals surface area (Å²) in [4.78, 5) is 0.327. The monoisotopic (exact) mass is 391 g/mol. The van der Waals surface area contributed by atoms with Crippen molar-refractivity contribution in [2.75, 3.05) is 13.2 Å². The van der Waals surface area contributed by atoms with Gasteiger partial charge < -0.3 is 4.74 Å². The van der Waals surface area contributed by atoms with Gasteiger partial charge in [-0.2, -0.15) is 4.31 Å². The van der Waals surface area contributed by atoms with E-state index < -0.39 is 16.3 Å². The lowest BCUT2D eigenvalue weighted by Crippen LogP contribution is -2.41. The first-order chi connectivity index (χ1) is 12.5. The van der Waals surface area contributed by atoms with Crippen molar-refractivity contribution in [1.29, 1.82) is 0 Å². The van der Waals surface area contributed by atoms with Crippen molar-refractivity contribution in [2.45, 2.75) is 36.8 Å². The van der Waals surface area contributed by atoms with Crippen LogP contribution in [0.4, 0.5) is 0 Å². The number of aryl methyl sites for hydroxylation is 1. The number of rotatable bonds is 3. The van der Waals surface area contributed by atoms with Gasteiger partial charge in [0.25, 0.3) is 0 Å². The second-order valence-electron chi connectivity index (χ2n) is 7.11. The number of nitrogens with zero attached hydrogens (tertiary/aromatic N) is 1. The van der Waals surface area contributed by atoms with Crippen molar-refractivity contribution in [2.24, 2.45) is 5.92 Å². The van der Waals surface area contributed by atoms with Gasteiger partial charge in [-0.3, -0.25) is 0 Å². The Bertz CT molecular complexity index is 880. The molecule has 26 heavy (non-hydrogen) atoms. The summed E-state index contributed by atoms with van der Waals surface area (Å²) >= 11 is 6.02. The molecule has 6 heteroatoms. The van der Waals surface area contributed by atoms with Gasteiger partial charge in [0.2, 0.25) is 10.0 Å². The zero-order valence-corrected chi connectivity index (χ0v) is 16.2. The lowest BCUT2D eigenvalue weighted by molar-refractivity contribution is -0.0582. The highest BCUT2D eigenvalue weighted by Crippen LogP contribution is 2.45. The van der Waals surface area contributed by atoms with E-state index in [0.29, 0.717) is 23.1 Å². The molecule has 4 rings (SSSR count). The molecular weight excluding hydrogens is 370 g/mol. The fourth-order valence-corrected chi connectivity index (χ4v) is 5.79. The molecule has 2 aromatic rings. The Labute approximate surface area is 159 Å². The molecule has 2 heterocycles. The van der Waals surface area contributed by atoms with Crippen LogP contribution in [0.25, 0.3) is 0 Å². The molecule has 0 spiro atoms. The van der Waals surface area contributed by atoms with E-state index in [1.807, 2.05) is 43.3 Å². The minimum atomic E-state index is -3.59. The molecule has 0 aliphatic carbocycles. The van der Waals surface area contributed by atoms with Crippen molar-refractivity contribution in [3.63, 3.8) is 0 Å². The molecule has 2 aliphatic heterocycles. The predicted molar refractivity (Wildman–Crippen MR) is 102 cm³/mol. The van der Waals surface area contributed by atoms with Crippen LogP contribution in [-0.2, 0) is 14.8 Å². The Morgan fingerprint density at radius 2 is 1.77 bits per heavy atom. The van der Waals surface area contributed by atoms with Gasteiger partial charge in [0.1, 0.15) is 6.23 Å². The van der Waals surface area contributed by atoms with Crippen LogP contribution in [0.2, 0.25) is 5.02 Å². The molecule has 2 aliphatic rings. The summed E-state index contributed by atoms with van der Waals surface area (Å²) in [6, 6.07) is 14.8. The van der Waals surface area contributed by atoms with E-state index in [-0.39, 0.29) is 11.8 Å². The van der Waals surface area contributed by atoms with Crippen molar-refractivity contribution < 1.29 is 13.2 Å². The molecule has 0 unspecified atom stereocenters. The average Bonchev–Trinajstić information content (AvgIpc) is 3.03. The molecule has 0 bridgehead atoms. The van der Waals surface area contributed by atoms with Gasteiger partial charge in [-0.25, -0.2) is 8.42 Å². The first-order valence-electron chi connectivity index (χ1n) is 8.92. The third-order valence-electron chi connectivity index (χ3n) is 5.44. The summed E-state index contributed by atoms with van der Waals surface area (Å²) in [7, 11) is -3.59. The van der Waals surface area contributed by atoms with Gasteiger partial charge in [0, 0.05) is 30.0 Å². The van der Waals surface area contributed by atoms with Crippen LogP contribution < -0.4 is 0 Å². The van der Waals surface area contributed by atoms with E-state index in [9.17, 15) is 8.42 Å². The molecular formula is C20H22ClNO3S. The number of benzene rings is 2.